The molecule has 2 heterocycles. The number of hydrogen-bond acceptors (Lipinski definition) is 6. The first kappa shape index (κ1) is 20.9. The van der Waals surface area contributed by atoms with Crippen molar-refractivity contribution in [1.82, 2.24) is 9.55 Å². The average Bonchev–Trinajstić information content (AvgIpc) is 2.99. The summed E-state index contributed by atoms with van der Waals surface area (Å²) in [7, 11) is 1.33. The number of hydrogen-bond donors (Lipinski definition) is 1. The van der Waals surface area contributed by atoms with E-state index in [-0.39, 0.29) is 34.8 Å². The summed E-state index contributed by atoms with van der Waals surface area (Å²) in [5.41, 5.74) is 0.900. The number of fused-ring (bicyclic) bond motifs is 1. The van der Waals surface area contributed by atoms with Crippen LogP contribution < -0.4 is 25.1 Å². The van der Waals surface area contributed by atoms with Gasteiger partial charge in [0.2, 0.25) is 11.7 Å². The second-order valence-electron chi connectivity index (χ2n) is 6.72. The molecule has 0 aliphatic carbocycles. The SMILES string of the molecule is COc1cn(Cc2ccc(F)c(Cl)c2)c(Nc2cc3c(cc2C)OC(F)(F)O3)nc1=O. The van der Waals surface area contributed by atoms with E-state index in [0.717, 1.165) is 0 Å². The fourth-order valence-corrected chi connectivity index (χ4v) is 3.22. The Hall–Kier alpha value is -3.40. The molecule has 0 saturated heterocycles. The summed E-state index contributed by atoms with van der Waals surface area (Å²) < 4.78 is 55.7. The molecule has 0 bridgehead atoms. The van der Waals surface area contributed by atoms with Gasteiger partial charge in [0.15, 0.2) is 11.5 Å². The van der Waals surface area contributed by atoms with E-state index in [2.05, 4.69) is 19.8 Å². The van der Waals surface area contributed by atoms with Crippen LogP contribution in [0, 0.1) is 12.7 Å². The Morgan fingerprint density at radius 3 is 2.61 bits per heavy atom. The van der Waals surface area contributed by atoms with Crippen LogP contribution in [-0.2, 0) is 6.54 Å². The van der Waals surface area contributed by atoms with Gasteiger partial charge in [-0.2, -0.15) is 4.98 Å². The van der Waals surface area contributed by atoms with Crippen LogP contribution in [0.4, 0.5) is 24.8 Å². The first-order valence-corrected chi connectivity index (χ1v) is 9.30. The molecule has 7 nitrogen and oxygen atoms in total. The van der Waals surface area contributed by atoms with Crippen molar-refractivity contribution in [3.05, 3.63) is 68.8 Å². The molecule has 0 unspecified atom stereocenters. The molecule has 3 aromatic rings. The highest BCUT2D eigenvalue weighted by molar-refractivity contribution is 6.30. The van der Waals surface area contributed by atoms with Crippen molar-refractivity contribution < 1.29 is 27.4 Å². The minimum absolute atomic E-state index is 0.0131. The van der Waals surface area contributed by atoms with Gasteiger partial charge in [-0.25, -0.2) is 4.39 Å². The smallest absolute Gasteiger partial charge is 0.490 e. The highest BCUT2D eigenvalue weighted by Gasteiger charge is 2.43. The lowest BCUT2D eigenvalue weighted by molar-refractivity contribution is -0.286. The molecule has 0 saturated carbocycles. The minimum Gasteiger partial charge on any atom is -0.490 e. The third-order valence-corrected chi connectivity index (χ3v) is 4.80. The molecule has 0 spiro atoms. The van der Waals surface area contributed by atoms with Crippen LogP contribution in [0.5, 0.6) is 17.2 Å². The van der Waals surface area contributed by atoms with Gasteiger partial charge in [0.1, 0.15) is 5.82 Å². The molecule has 1 aliphatic heterocycles. The Morgan fingerprint density at radius 2 is 1.94 bits per heavy atom. The van der Waals surface area contributed by atoms with Crippen LogP contribution >= 0.6 is 11.6 Å². The van der Waals surface area contributed by atoms with E-state index in [1.807, 2.05) is 0 Å². The summed E-state index contributed by atoms with van der Waals surface area (Å²) in [4.78, 5) is 16.2. The van der Waals surface area contributed by atoms with Gasteiger partial charge in [0, 0.05) is 11.8 Å². The molecule has 0 radical (unpaired) electrons. The zero-order chi connectivity index (χ0) is 22.3. The zero-order valence-corrected chi connectivity index (χ0v) is 17.0. The summed E-state index contributed by atoms with van der Waals surface area (Å²) in [6.07, 6.45) is -2.33. The van der Waals surface area contributed by atoms with Gasteiger partial charge in [-0.3, -0.25) is 4.79 Å². The molecular weight excluding hydrogens is 439 g/mol. The fraction of sp³-hybridized carbons (Fsp3) is 0.200. The second kappa shape index (κ2) is 7.69. The normalized spacial score (nSPS) is 13.9. The van der Waals surface area contributed by atoms with E-state index in [9.17, 15) is 18.0 Å². The van der Waals surface area contributed by atoms with Crippen molar-refractivity contribution in [2.24, 2.45) is 0 Å². The van der Waals surface area contributed by atoms with Gasteiger partial charge in [0.05, 0.1) is 24.9 Å². The monoisotopic (exact) mass is 453 g/mol. The predicted octanol–water partition coefficient (Wildman–Crippen LogP) is 4.47. The number of alkyl halides is 2. The lowest BCUT2D eigenvalue weighted by atomic mass is 10.2. The molecule has 0 amide bonds. The van der Waals surface area contributed by atoms with Gasteiger partial charge in [-0.15, -0.1) is 8.78 Å². The number of aromatic nitrogens is 2. The number of anilines is 2. The predicted molar refractivity (Wildman–Crippen MR) is 106 cm³/mol. The minimum atomic E-state index is -3.75. The maximum atomic E-state index is 13.5. The van der Waals surface area contributed by atoms with Crippen LogP contribution in [-0.4, -0.2) is 23.0 Å². The lowest BCUT2D eigenvalue weighted by Gasteiger charge is -2.17. The number of nitrogens with one attached hydrogen (secondary N) is 1. The molecule has 1 aliphatic rings. The molecule has 2 aromatic carbocycles. The maximum absolute atomic E-state index is 13.5. The maximum Gasteiger partial charge on any atom is 0.586 e. The Bertz CT molecular complexity index is 1230. The van der Waals surface area contributed by atoms with E-state index >= 15 is 0 Å². The molecular formula is C20H15ClF3N3O4. The summed E-state index contributed by atoms with van der Waals surface area (Å²) in [6.45, 7) is 1.82. The van der Waals surface area contributed by atoms with Gasteiger partial charge in [0.25, 0.3) is 0 Å². The van der Waals surface area contributed by atoms with Crippen molar-refractivity contribution >= 4 is 23.2 Å². The van der Waals surface area contributed by atoms with Crippen molar-refractivity contribution in [2.75, 3.05) is 12.4 Å². The topological polar surface area (TPSA) is 74.6 Å². The number of aryl methyl sites for hydroxylation is 1. The second-order valence-corrected chi connectivity index (χ2v) is 7.13. The van der Waals surface area contributed by atoms with E-state index < -0.39 is 17.7 Å². The van der Waals surface area contributed by atoms with Crippen molar-refractivity contribution in [3.8, 4) is 17.2 Å². The summed E-state index contributed by atoms with van der Waals surface area (Å²) in [5, 5.41) is 2.89. The summed E-state index contributed by atoms with van der Waals surface area (Å²) in [5.74, 6) is -0.743. The van der Waals surface area contributed by atoms with Crippen LogP contribution in [0.2, 0.25) is 5.02 Å². The molecule has 1 N–H and O–H groups in total. The summed E-state index contributed by atoms with van der Waals surface area (Å²) in [6, 6.07) is 6.90. The van der Waals surface area contributed by atoms with Crippen LogP contribution in [0.1, 0.15) is 11.1 Å². The Morgan fingerprint density at radius 1 is 1.23 bits per heavy atom. The van der Waals surface area contributed by atoms with E-state index in [4.69, 9.17) is 16.3 Å². The van der Waals surface area contributed by atoms with Crippen molar-refractivity contribution in [1.29, 1.82) is 0 Å². The average molecular weight is 454 g/mol. The van der Waals surface area contributed by atoms with Crippen LogP contribution in [0.25, 0.3) is 0 Å². The number of halogens is 4. The Balaban J connectivity index is 1.72. The third-order valence-electron chi connectivity index (χ3n) is 4.51. The van der Waals surface area contributed by atoms with Gasteiger partial charge in [-0.1, -0.05) is 17.7 Å². The standard InChI is InChI=1S/C20H15ClF3N3O4/c1-10-5-15-16(31-20(23,24)30-15)7-14(10)25-19-26-18(28)17(29-2)9-27(19)8-11-3-4-13(22)12(21)6-11/h3-7,9H,8H2,1-2H3,(H,25,26,28). The number of methoxy groups -OCH3 is 1. The molecule has 1 aromatic heterocycles. The highest BCUT2D eigenvalue weighted by Crippen LogP contribution is 2.44. The number of nitrogens with zero attached hydrogens (tertiary/aromatic N) is 2. The van der Waals surface area contributed by atoms with Crippen LogP contribution in [0.15, 0.2) is 41.3 Å². The lowest BCUT2D eigenvalue weighted by Crippen LogP contribution is -2.25. The first-order chi connectivity index (χ1) is 14.6. The van der Waals surface area contributed by atoms with E-state index in [1.54, 1.807) is 11.5 Å². The first-order valence-electron chi connectivity index (χ1n) is 8.92. The molecule has 0 fully saturated rings. The number of ether oxygens (including phenoxy) is 3. The van der Waals surface area contributed by atoms with E-state index in [0.29, 0.717) is 16.8 Å². The van der Waals surface area contributed by atoms with Crippen LogP contribution in [0.3, 0.4) is 0 Å². The molecule has 0 atom stereocenters. The third kappa shape index (κ3) is 4.24. The number of rotatable bonds is 5. The van der Waals surface area contributed by atoms with Gasteiger partial charge < -0.3 is 24.1 Å². The zero-order valence-electron chi connectivity index (χ0n) is 16.2. The Kier molecular flexibility index (Phi) is 5.18. The van der Waals surface area contributed by atoms with Crippen molar-refractivity contribution in [3.63, 3.8) is 0 Å². The molecule has 31 heavy (non-hydrogen) atoms. The summed E-state index contributed by atoms with van der Waals surface area (Å²) >= 11 is 5.85. The van der Waals surface area contributed by atoms with Gasteiger partial charge in [-0.05, 0) is 36.2 Å². The highest BCUT2D eigenvalue weighted by atomic mass is 35.5. The van der Waals surface area contributed by atoms with E-state index in [1.165, 1.54) is 43.6 Å². The molecule has 11 heteroatoms. The molecule has 162 valence electrons. The van der Waals surface area contributed by atoms with Gasteiger partial charge >= 0.3 is 11.9 Å². The largest absolute Gasteiger partial charge is 0.586 e. The fourth-order valence-electron chi connectivity index (χ4n) is 3.02. The quantitative estimate of drug-likeness (QED) is 0.614. The van der Waals surface area contributed by atoms with Crippen molar-refractivity contribution in [2.45, 2.75) is 19.8 Å². The Labute approximate surface area is 179 Å². The molecule has 4 rings (SSSR count). The number of benzene rings is 2.